The zero-order valence-electron chi connectivity index (χ0n) is 15.2. The summed E-state index contributed by atoms with van der Waals surface area (Å²) in [6, 6.07) is 3.90. The molecule has 2 aromatic rings. The second kappa shape index (κ2) is 6.76. The summed E-state index contributed by atoms with van der Waals surface area (Å²) in [6.07, 6.45) is 10.8. The van der Waals surface area contributed by atoms with Crippen LogP contribution >= 0.6 is 0 Å². The fourth-order valence-electron chi connectivity index (χ4n) is 2.83. The highest BCUT2D eigenvalue weighted by molar-refractivity contribution is 5.67. The molecule has 0 aliphatic carbocycles. The molecule has 5 heteroatoms. The van der Waals surface area contributed by atoms with Gasteiger partial charge in [0.05, 0.1) is 11.4 Å². The summed E-state index contributed by atoms with van der Waals surface area (Å²) < 4.78 is 0. The number of hydrogen-bond donors (Lipinski definition) is 1. The van der Waals surface area contributed by atoms with Crippen LogP contribution in [0.2, 0.25) is 0 Å². The summed E-state index contributed by atoms with van der Waals surface area (Å²) in [7, 11) is 0. The number of rotatable bonds is 4. The molecule has 0 radical (unpaired) electrons. The summed E-state index contributed by atoms with van der Waals surface area (Å²) in [5.41, 5.74) is 3.96. The summed E-state index contributed by atoms with van der Waals surface area (Å²) in [4.78, 5) is 15.5. The van der Waals surface area contributed by atoms with Gasteiger partial charge in [-0.1, -0.05) is 19.1 Å². The van der Waals surface area contributed by atoms with E-state index in [0.29, 0.717) is 11.5 Å². The maximum absolute atomic E-state index is 10.2. The maximum Gasteiger partial charge on any atom is 0.160 e. The lowest BCUT2D eigenvalue weighted by atomic mass is 10.1. The van der Waals surface area contributed by atoms with Gasteiger partial charge < -0.3 is 10.0 Å². The topological polar surface area (TPSA) is 62.1 Å². The average molecular weight is 336 g/mol. The minimum absolute atomic E-state index is 0.393. The molecule has 0 unspecified atom stereocenters. The van der Waals surface area contributed by atoms with Gasteiger partial charge >= 0.3 is 0 Å². The molecular formula is C20H24N4O. The number of aromatic nitrogens is 3. The fraction of sp³-hybridized carbons (Fsp3) is 0.350. The van der Waals surface area contributed by atoms with Crippen molar-refractivity contribution < 1.29 is 5.11 Å². The minimum atomic E-state index is -1.08. The first-order chi connectivity index (χ1) is 11.9. The van der Waals surface area contributed by atoms with Crippen molar-refractivity contribution in [2.75, 3.05) is 11.4 Å². The van der Waals surface area contributed by atoms with E-state index in [1.165, 1.54) is 11.3 Å². The van der Waals surface area contributed by atoms with E-state index in [2.05, 4.69) is 58.0 Å². The smallest absolute Gasteiger partial charge is 0.160 e. The van der Waals surface area contributed by atoms with Crippen LogP contribution in [0.4, 0.5) is 5.69 Å². The van der Waals surface area contributed by atoms with Crippen molar-refractivity contribution in [1.29, 1.82) is 0 Å². The largest absolute Gasteiger partial charge is 0.382 e. The van der Waals surface area contributed by atoms with Crippen LogP contribution in [0.1, 0.15) is 39.1 Å². The summed E-state index contributed by atoms with van der Waals surface area (Å²) in [5, 5.41) is 10.2. The first-order valence-corrected chi connectivity index (χ1v) is 8.56. The Hall–Kier alpha value is -2.53. The summed E-state index contributed by atoms with van der Waals surface area (Å²) in [6.45, 7) is 8.45. The molecule has 0 saturated carbocycles. The Morgan fingerprint density at radius 3 is 2.72 bits per heavy atom. The van der Waals surface area contributed by atoms with Gasteiger partial charge in [-0.15, -0.1) is 0 Å². The van der Waals surface area contributed by atoms with Crippen molar-refractivity contribution in [1.82, 2.24) is 15.0 Å². The Morgan fingerprint density at radius 2 is 2.04 bits per heavy atom. The maximum atomic E-state index is 10.2. The number of aliphatic hydroxyl groups is 1. The standard InChI is InChI=1S/C20H24N4O/c1-5-15-13-22-17(12-18(15)24-11-7-6-8-14(24)2)16-9-10-21-19(23-16)20(3,4)25/h6-10,12-13,25H,5,11H2,1-4H3. The SMILES string of the molecule is CCc1cnc(-c2ccnc(C(C)(C)O)n2)cc1N1CC=CC=C1C. The van der Waals surface area contributed by atoms with E-state index in [1.807, 2.05) is 12.3 Å². The molecule has 0 saturated heterocycles. The second-order valence-corrected chi connectivity index (χ2v) is 6.72. The number of pyridine rings is 1. The van der Waals surface area contributed by atoms with Crippen LogP contribution in [0.25, 0.3) is 11.4 Å². The molecule has 1 aliphatic heterocycles. The molecule has 5 nitrogen and oxygen atoms in total. The van der Waals surface area contributed by atoms with Crippen LogP contribution < -0.4 is 4.90 Å². The zero-order chi connectivity index (χ0) is 18.0. The van der Waals surface area contributed by atoms with Gasteiger partial charge in [0.1, 0.15) is 5.60 Å². The quantitative estimate of drug-likeness (QED) is 0.924. The molecule has 0 atom stereocenters. The molecule has 0 fully saturated rings. The van der Waals surface area contributed by atoms with Crippen LogP contribution in [-0.2, 0) is 12.0 Å². The van der Waals surface area contributed by atoms with Gasteiger partial charge in [0.2, 0.25) is 0 Å². The van der Waals surface area contributed by atoms with E-state index in [-0.39, 0.29) is 0 Å². The highest BCUT2D eigenvalue weighted by Crippen LogP contribution is 2.30. The van der Waals surface area contributed by atoms with E-state index in [1.54, 1.807) is 20.0 Å². The molecule has 130 valence electrons. The molecule has 0 bridgehead atoms. The van der Waals surface area contributed by atoms with Crippen molar-refractivity contribution >= 4 is 5.69 Å². The molecular weight excluding hydrogens is 312 g/mol. The average Bonchev–Trinajstić information content (AvgIpc) is 2.61. The molecule has 3 heterocycles. The summed E-state index contributed by atoms with van der Waals surface area (Å²) in [5.74, 6) is 0.393. The first-order valence-electron chi connectivity index (χ1n) is 8.56. The van der Waals surface area contributed by atoms with Crippen molar-refractivity contribution in [2.45, 2.75) is 39.7 Å². The highest BCUT2D eigenvalue weighted by atomic mass is 16.3. The van der Waals surface area contributed by atoms with E-state index in [9.17, 15) is 5.11 Å². The monoisotopic (exact) mass is 336 g/mol. The highest BCUT2D eigenvalue weighted by Gasteiger charge is 2.21. The van der Waals surface area contributed by atoms with Crippen molar-refractivity contribution in [3.05, 3.63) is 59.8 Å². The van der Waals surface area contributed by atoms with Gasteiger partial charge in [0, 0.05) is 30.3 Å². The van der Waals surface area contributed by atoms with Gasteiger partial charge in [-0.05, 0) is 51.0 Å². The number of allylic oxidation sites excluding steroid dienone is 3. The van der Waals surface area contributed by atoms with Gasteiger partial charge in [0.25, 0.3) is 0 Å². The predicted molar refractivity (Wildman–Crippen MR) is 100 cm³/mol. The molecule has 25 heavy (non-hydrogen) atoms. The molecule has 2 aromatic heterocycles. The van der Waals surface area contributed by atoms with Gasteiger partial charge in [-0.3, -0.25) is 4.98 Å². The predicted octanol–water partition coefficient (Wildman–Crippen LogP) is 3.61. The van der Waals surface area contributed by atoms with Crippen molar-refractivity contribution in [3.8, 4) is 11.4 Å². The van der Waals surface area contributed by atoms with Crippen LogP contribution in [0, 0.1) is 0 Å². The van der Waals surface area contributed by atoms with Crippen LogP contribution in [-0.4, -0.2) is 26.6 Å². The number of aryl methyl sites for hydroxylation is 1. The minimum Gasteiger partial charge on any atom is -0.382 e. The third-order valence-electron chi connectivity index (χ3n) is 4.29. The third kappa shape index (κ3) is 3.61. The zero-order valence-corrected chi connectivity index (χ0v) is 15.2. The molecule has 0 spiro atoms. The lowest BCUT2D eigenvalue weighted by molar-refractivity contribution is 0.0688. The summed E-state index contributed by atoms with van der Waals surface area (Å²) >= 11 is 0. The number of anilines is 1. The Labute approximate surface area is 148 Å². The van der Waals surface area contributed by atoms with Crippen LogP contribution in [0.3, 0.4) is 0 Å². The van der Waals surface area contributed by atoms with E-state index < -0.39 is 5.60 Å². The Morgan fingerprint density at radius 1 is 1.24 bits per heavy atom. The Balaban J connectivity index is 2.06. The van der Waals surface area contributed by atoms with E-state index in [4.69, 9.17) is 0 Å². The van der Waals surface area contributed by atoms with Gasteiger partial charge in [-0.2, -0.15) is 0 Å². The Bertz CT molecular complexity index is 834. The number of nitrogens with zero attached hydrogens (tertiary/aromatic N) is 4. The van der Waals surface area contributed by atoms with Crippen molar-refractivity contribution in [2.24, 2.45) is 0 Å². The van der Waals surface area contributed by atoms with Gasteiger partial charge in [-0.25, -0.2) is 9.97 Å². The van der Waals surface area contributed by atoms with Gasteiger partial charge in [0.15, 0.2) is 5.82 Å². The Kier molecular flexibility index (Phi) is 4.68. The van der Waals surface area contributed by atoms with E-state index in [0.717, 1.165) is 24.3 Å². The van der Waals surface area contributed by atoms with Crippen LogP contribution in [0.5, 0.6) is 0 Å². The molecule has 3 rings (SSSR count). The lowest BCUT2D eigenvalue weighted by Crippen LogP contribution is -2.24. The molecule has 1 N–H and O–H groups in total. The van der Waals surface area contributed by atoms with Crippen molar-refractivity contribution in [3.63, 3.8) is 0 Å². The molecule has 0 amide bonds. The first kappa shape index (κ1) is 17.3. The number of hydrogen-bond acceptors (Lipinski definition) is 5. The second-order valence-electron chi connectivity index (χ2n) is 6.72. The lowest BCUT2D eigenvalue weighted by Gasteiger charge is -2.28. The normalized spacial score (nSPS) is 14.6. The molecule has 0 aromatic carbocycles. The van der Waals surface area contributed by atoms with Crippen LogP contribution in [0.15, 0.2) is 48.5 Å². The molecule has 1 aliphatic rings. The van der Waals surface area contributed by atoms with E-state index >= 15 is 0 Å². The third-order valence-corrected chi connectivity index (χ3v) is 4.29. The fourth-order valence-corrected chi connectivity index (χ4v) is 2.83.